The van der Waals surface area contributed by atoms with Gasteiger partial charge in [-0.3, -0.25) is 4.79 Å². The number of hydrogen-bond donors (Lipinski definition) is 1. The summed E-state index contributed by atoms with van der Waals surface area (Å²) in [6.07, 6.45) is 0.959. The number of thiazole rings is 1. The number of halogens is 1. The second-order valence-electron chi connectivity index (χ2n) is 5.24. The molecule has 1 N–H and O–H groups in total. The number of amides is 1. The first-order valence-corrected chi connectivity index (χ1v) is 7.40. The van der Waals surface area contributed by atoms with Crippen LogP contribution in [0.25, 0.3) is 11.3 Å². The van der Waals surface area contributed by atoms with Gasteiger partial charge in [-0.1, -0.05) is 6.92 Å². The van der Waals surface area contributed by atoms with Gasteiger partial charge in [0.2, 0.25) is 5.91 Å². The summed E-state index contributed by atoms with van der Waals surface area (Å²) in [7, 11) is 0. The maximum atomic E-state index is 12.9. The zero-order chi connectivity index (χ0) is 14.3. The first kappa shape index (κ1) is 13.2. The van der Waals surface area contributed by atoms with Crippen molar-refractivity contribution in [1.82, 2.24) is 4.98 Å². The Morgan fingerprint density at radius 1 is 1.40 bits per heavy atom. The number of rotatable bonds is 3. The lowest BCUT2D eigenvalue weighted by atomic mass is 10.1. The predicted molar refractivity (Wildman–Crippen MR) is 78.1 cm³/mol. The second kappa shape index (κ2) is 4.98. The highest BCUT2D eigenvalue weighted by atomic mass is 32.1. The van der Waals surface area contributed by atoms with E-state index in [1.165, 1.54) is 23.5 Å². The van der Waals surface area contributed by atoms with Gasteiger partial charge in [-0.25, -0.2) is 9.37 Å². The fourth-order valence-electron chi connectivity index (χ4n) is 2.21. The minimum Gasteiger partial charge on any atom is -0.302 e. The van der Waals surface area contributed by atoms with Crippen molar-refractivity contribution in [1.29, 1.82) is 0 Å². The van der Waals surface area contributed by atoms with E-state index in [2.05, 4.69) is 17.2 Å². The number of benzene rings is 1. The van der Waals surface area contributed by atoms with Gasteiger partial charge in [-0.2, -0.15) is 0 Å². The minimum atomic E-state index is -0.266. The fourth-order valence-corrected chi connectivity index (χ4v) is 3.05. The van der Waals surface area contributed by atoms with Crippen molar-refractivity contribution in [3.63, 3.8) is 0 Å². The highest BCUT2D eigenvalue weighted by molar-refractivity contribution is 7.16. The van der Waals surface area contributed by atoms with E-state index >= 15 is 0 Å². The second-order valence-corrected chi connectivity index (χ2v) is 6.44. The van der Waals surface area contributed by atoms with Crippen molar-refractivity contribution in [3.05, 3.63) is 35.0 Å². The van der Waals surface area contributed by atoms with Crippen LogP contribution in [0.2, 0.25) is 0 Å². The van der Waals surface area contributed by atoms with Crippen LogP contribution in [0.3, 0.4) is 0 Å². The number of nitrogens with zero attached hydrogens (tertiary/aromatic N) is 1. The minimum absolute atomic E-state index is 0.0527. The van der Waals surface area contributed by atoms with Gasteiger partial charge in [0, 0.05) is 16.4 Å². The SMILES string of the molecule is Cc1sc(NC(=O)[C@H]2C[C@@H]2C)nc1-c1ccc(F)cc1. The molecule has 0 aliphatic heterocycles. The molecule has 1 heterocycles. The molecule has 1 aromatic heterocycles. The molecular weight excluding hydrogens is 275 g/mol. The number of aryl methyl sites for hydroxylation is 1. The molecule has 0 saturated heterocycles. The third-order valence-corrected chi connectivity index (χ3v) is 4.48. The molecule has 1 aliphatic rings. The van der Waals surface area contributed by atoms with Crippen molar-refractivity contribution in [2.24, 2.45) is 11.8 Å². The summed E-state index contributed by atoms with van der Waals surface area (Å²) in [5, 5.41) is 3.49. The summed E-state index contributed by atoms with van der Waals surface area (Å²) in [6, 6.07) is 6.23. The maximum Gasteiger partial charge on any atom is 0.229 e. The lowest BCUT2D eigenvalue weighted by Gasteiger charge is -1.99. The van der Waals surface area contributed by atoms with Crippen molar-refractivity contribution in [2.45, 2.75) is 20.3 Å². The first-order valence-electron chi connectivity index (χ1n) is 6.59. The van der Waals surface area contributed by atoms with E-state index in [0.717, 1.165) is 22.6 Å². The Morgan fingerprint density at radius 3 is 2.65 bits per heavy atom. The van der Waals surface area contributed by atoms with Crippen molar-refractivity contribution < 1.29 is 9.18 Å². The molecule has 3 nitrogen and oxygen atoms in total. The molecule has 0 bridgehead atoms. The Balaban J connectivity index is 1.80. The molecule has 2 aromatic rings. The van der Waals surface area contributed by atoms with E-state index < -0.39 is 0 Å². The van der Waals surface area contributed by atoms with Crippen LogP contribution < -0.4 is 5.32 Å². The molecule has 0 unspecified atom stereocenters. The van der Waals surface area contributed by atoms with Gasteiger partial charge >= 0.3 is 0 Å². The lowest BCUT2D eigenvalue weighted by molar-refractivity contribution is -0.117. The zero-order valence-electron chi connectivity index (χ0n) is 11.3. The molecule has 3 rings (SSSR count). The molecular formula is C15H15FN2OS. The highest BCUT2D eigenvalue weighted by Crippen LogP contribution is 2.39. The predicted octanol–water partition coefficient (Wildman–Crippen LogP) is 3.85. The van der Waals surface area contributed by atoms with Crippen molar-refractivity contribution >= 4 is 22.4 Å². The summed E-state index contributed by atoms with van der Waals surface area (Å²) in [5.41, 5.74) is 1.66. The number of hydrogen-bond acceptors (Lipinski definition) is 3. The van der Waals surface area contributed by atoms with Gasteiger partial charge < -0.3 is 5.32 Å². The van der Waals surface area contributed by atoms with Crippen LogP contribution in [-0.2, 0) is 4.79 Å². The molecule has 104 valence electrons. The summed E-state index contributed by atoms with van der Waals surface area (Å²) in [4.78, 5) is 17.4. The smallest absolute Gasteiger partial charge is 0.229 e. The highest BCUT2D eigenvalue weighted by Gasteiger charge is 2.39. The van der Waals surface area contributed by atoms with Crippen molar-refractivity contribution in [3.8, 4) is 11.3 Å². The van der Waals surface area contributed by atoms with Crippen LogP contribution in [0.5, 0.6) is 0 Å². The summed E-state index contributed by atoms with van der Waals surface area (Å²) < 4.78 is 12.9. The molecule has 0 spiro atoms. The molecule has 20 heavy (non-hydrogen) atoms. The molecule has 1 aromatic carbocycles. The monoisotopic (exact) mass is 290 g/mol. The van der Waals surface area contributed by atoms with Gasteiger partial charge in [-0.15, -0.1) is 11.3 Å². The Labute approximate surface area is 120 Å². The van der Waals surface area contributed by atoms with Crippen LogP contribution in [0.1, 0.15) is 18.2 Å². The Morgan fingerprint density at radius 2 is 2.05 bits per heavy atom. The van der Waals surface area contributed by atoms with Crippen LogP contribution in [0.4, 0.5) is 9.52 Å². The molecule has 1 fully saturated rings. The average molecular weight is 290 g/mol. The number of anilines is 1. The van der Waals surface area contributed by atoms with E-state index in [9.17, 15) is 9.18 Å². The normalized spacial score (nSPS) is 20.8. The summed E-state index contributed by atoms with van der Waals surface area (Å²) >= 11 is 1.45. The van der Waals surface area contributed by atoms with Crippen LogP contribution >= 0.6 is 11.3 Å². The molecule has 1 saturated carbocycles. The van der Waals surface area contributed by atoms with Gasteiger partial charge in [0.1, 0.15) is 5.82 Å². The van der Waals surface area contributed by atoms with E-state index in [-0.39, 0.29) is 17.6 Å². The van der Waals surface area contributed by atoms with Gasteiger partial charge in [-0.05, 0) is 43.5 Å². The fraction of sp³-hybridized carbons (Fsp3) is 0.333. The maximum absolute atomic E-state index is 12.9. The number of carbonyl (C=O) groups excluding carboxylic acids is 1. The van der Waals surface area contributed by atoms with Crippen LogP contribution in [-0.4, -0.2) is 10.9 Å². The van der Waals surface area contributed by atoms with Crippen LogP contribution in [0, 0.1) is 24.6 Å². The molecule has 0 radical (unpaired) electrons. The molecule has 1 aliphatic carbocycles. The molecule has 5 heteroatoms. The Bertz CT molecular complexity index is 650. The van der Waals surface area contributed by atoms with Gasteiger partial charge in [0.05, 0.1) is 5.69 Å². The van der Waals surface area contributed by atoms with E-state index in [4.69, 9.17) is 0 Å². The largest absolute Gasteiger partial charge is 0.302 e. The standard InChI is InChI=1S/C15H15FN2OS/c1-8-7-12(8)14(19)18-15-17-13(9(2)20-15)10-3-5-11(16)6-4-10/h3-6,8,12H,7H2,1-2H3,(H,17,18,19)/t8-,12-/m0/s1. The van der Waals surface area contributed by atoms with E-state index in [1.807, 2.05) is 6.92 Å². The third-order valence-electron chi connectivity index (χ3n) is 3.59. The Kier molecular flexibility index (Phi) is 3.30. The lowest BCUT2D eigenvalue weighted by Crippen LogP contribution is -2.14. The summed E-state index contributed by atoms with van der Waals surface area (Å²) in [5.74, 6) is 0.399. The summed E-state index contributed by atoms with van der Waals surface area (Å²) in [6.45, 7) is 4.02. The number of carbonyl (C=O) groups is 1. The number of aromatic nitrogens is 1. The van der Waals surface area contributed by atoms with Crippen molar-refractivity contribution in [2.75, 3.05) is 5.32 Å². The first-order chi connectivity index (χ1) is 9.54. The van der Waals surface area contributed by atoms with Gasteiger partial charge in [0.25, 0.3) is 0 Å². The quantitative estimate of drug-likeness (QED) is 0.933. The van der Waals surface area contributed by atoms with Crippen LogP contribution in [0.15, 0.2) is 24.3 Å². The zero-order valence-corrected chi connectivity index (χ0v) is 12.1. The Hall–Kier alpha value is -1.75. The van der Waals surface area contributed by atoms with Gasteiger partial charge in [0.15, 0.2) is 5.13 Å². The van der Waals surface area contributed by atoms with E-state index in [0.29, 0.717) is 11.0 Å². The molecule has 1 amide bonds. The average Bonchev–Trinajstić information content (AvgIpc) is 3.03. The topological polar surface area (TPSA) is 42.0 Å². The van der Waals surface area contributed by atoms with E-state index in [1.54, 1.807) is 12.1 Å². The third kappa shape index (κ3) is 2.58. The number of nitrogens with one attached hydrogen (secondary N) is 1. The molecule has 2 atom stereocenters.